The number of nitrogens with one attached hydrogen (secondary N) is 2. The van der Waals surface area contributed by atoms with Crippen LogP contribution in [0.15, 0.2) is 41.3 Å². The summed E-state index contributed by atoms with van der Waals surface area (Å²) >= 11 is 0. The standard InChI is InChI=1S/C32H45N5O2Si/c1-21(2)40(22(3)4,23(5)6)18-17-24-19-30(38)37(26-15-13-25(33-7)14-16-26)31-27(24)20-34-32(36-31)35-28-11-9-10-12-29(28)39-8/h9-12,19-23,25-26,33H,13-16H2,1-8H3,(H,34,35,36). The molecule has 0 aliphatic heterocycles. The molecule has 0 bridgehead atoms. The zero-order valence-electron chi connectivity index (χ0n) is 25.3. The Bertz CT molecular complexity index is 1420. The number of anilines is 2. The van der Waals surface area contributed by atoms with Crippen LogP contribution in [0.25, 0.3) is 11.0 Å². The van der Waals surface area contributed by atoms with E-state index in [1.165, 1.54) is 0 Å². The van der Waals surface area contributed by atoms with Crippen molar-refractivity contribution in [2.45, 2.75) is 95.9 Å². The van der Waals surface area contributed by atoms with Gasteiger partial charge < -0.3 is 15.4 Å². The van der Waals surface area contributed by atoms with Gasteiger partial charge in [0.15, 0.2) is 0 Å². The second-order valence-electron chi connectivity index (χ2n) is 12.0. The molecule has 3 aromatic rings. The van der Waals surface area contributed by atoms with Crippen LogP contribution in [-0.2, 0) is 0 Å². The molecule has 0 saturated heterocycles. The molecule has 0 spiro atoms. The number of ether oxygens (including phenoxy) is 1. The number of pyridine rings is 1. The van der Waals surface area contributed by atoms with Crippen molar-refractivity contribution in [3.05, 3.63) is 52.4 Å². The monoisotopic (exact) mass is 559 g/mol. The molecule has 40 heavy (non-hydrogen) atoms. The number of methoxy groups -OCH3 is 1. The van der Waals surface area contributed by atoms with Crippen molar-refractivity contribution in [1.82, 2.24) is 19.9 Å². The van der Waals surface area contributed by atoms with Gasteiger partial charge >= 0.3 is 0 Å². The molecule has 0 unspecified atom stereocenters. The molecule has 8 heteroatoms. The third-order valence-electron chi connectivity index (χ3n) is 8.90. The second kappa shape index (κ2) is 12.6. The normalized spacial score (nSPS) is 17.8. The van der Waals surface area contributed by atoms with Gasteiger partial charge in [0.25, 0.3) is 5.56 Å². The highest BCUT2D eigenvalue weighted by Gasteiger charge is 2.41. The Morgan fingerprint density at radius 3 is 2.27 bits per heavy atom. The number of nitrogens with zero attached hydrogens (tertiary/aromatic N) is 3. The number of benzene rings is 1. The third kappa shape index (κ3) is 5.82. The van der Waals surface area contributed by atoms with E-state index >= 15 is 0 Å². The molecule has 1 aliphatic rings. The van der Waals surface area contributed by atoms with Gasteiger partial charge in [0, 0.05) is 29.9 Å². The molecule has 2 aromatic heterocycles. The average molecular weight is 560 g/mol. The number of rotatable bonds is 8. The van der Waals surface area contributed by atoms with E-state index in [2.05, 4.69) is 68.6 Å². The summed E-state index contributed by atoms with van der Waals surface area (Å²) in [7, 11) is 1.66. The first kappa shape index (κ1) is 29.8. The lowest BCUT2D eigenvalue weighted by Crippen LogP contribution is -2.43. The molecule has 1 fully saturated rings. The molecule has 7 nitrogen and oxygen atoms in total. The highest BCUT2D eigenvalue weighted by Crippen LogP contribution is 2.41. The van der Waals surface area contributed by atoms with Crippen LogP contribution in [0.4, 0.5) is 11.6 Å². The maximum Gasteiger partial charge on any atom is 0.253 e. The molecule has 2 N–H and O–H groups in total. The van der Waals surface area contributed by atoms with Crippen molar-refractivity contribution in [1.29, 1.82) is 0 Å². The van der Waals surface area contributed by atoms with E-state index in [9.17, 15) is 4.79 Å². The summed E-state index contributed by atoms with van der Waals surface area (Å²) in [6.45, 7) is 13.8. The largest absolute Gasteiger partial charge is 0.495 e. The molecular weight excluding hydrogens is 514 g/mol. The minimum absolute atomic E-state index is 0.0439. The van der Waals surface area contributed by atoms with Gasteiger partial charge in [-0.3, -0.25) is 9.36 Å². The highest BCUT2D eigenvalue weighted by atomic mass is 28.3. The van der Waals surface area contributed by atoms with E-state index in [-0.39, 0.29) is 11.6 Å². The lowest BCUT2D eigenvalue weighted by Gasteiger charge is -2.38. The quantitative estimate of drug-likeness (QED) is 0.233. The Kier molecular flexibility index (Phi) is 9.37. The van der Waals surface area contributed by atoms with Crippen LogP contribution in [0.1, 0.15) is 78.8 Å². The van der Waals surface area contributed by atoms with Crippen LogP contribution in [0.3, 0.4) is 0 Å². The van der Waals surface area contributed by atoms with Gasteiger partial charge in [0.05, 0.1) is 18.2 Å². The van der Waals surface area contributed by atoms with Gasteiger partial charge in [-0.15, -0.1) is 5.54 Å². The Hall–Kier alpha value is -3.15. The minimum atomic E-state index is -1.99. The zero-order valence-corrected chi connectivity index (χ0v) is 26.3. The Labute approximate surface area is 240 Å². The SMILES string of the molecule is CNC1CCC(n2c(=O)cc(C#C[Si](C(C)C)(C(C)C)C(C)C)c3cnc(Nc4ccccc4OC)nc32)CC1. The lowest BCUT2D eigenvalue weighted by molar-refractivity contribution is 0.300. The number of hydrogen-bond donors (Lipinski definition) is 2. The maximum absolute atomic E-state index is 13.8. The fourth-order valence-corrected chi connectivity index (χ4v) is 12.0. The van der Waals surface area contributed by atoms with Crippen LogP contribution < -0.4 is 20.9 Å². The fraction of sp³-hybridized carbons (Fsp3) is 0.531. The molecule has 0 radical (unpaired) electrons. The van der Waals surface area contributed by atoms with E-state index < -0.39 is 8.07 Å². The van der Waals surface area contributed by atoms with E-state index in [0.717, 1.165) is 42.3 Å². The van der Waals surface area contributed by atoms with Gasteiger partial charge in [-0.25, -0.2) is 4.98 Å². The molecule has 4 rings (SSSR count). The summed E-state index contributed by atoms with van der Waals surface area (Å²) in [5, 5.41) is 7.52. The fourth-order valence-electron chi connectivity index (χ4n) is 6.74. The molecule has 1 saturated carbocycles. The third-order valence-corrected chi connectivity index (χ3v) is 15.2. The van der Waals surface area contributed by atoms with Crippen molar-refractivity contribution >= 4 is 30.7 Å². The molecule has 1 aliphatic carbocycles. The first-order chi connectivity index (χ1) is 19.1. The van der Waals surface area contributed by atoms with Crippen LogP contribution in [0.2, 0.25) is 16.6 Å². The van der Waals surface area contributed by atoms with Gasteiger partial charge in [-0.05, 0) is 61.5 Å². The van der Waals surface area contributed by atoms with Crippen LogP contribution >= 0.6 is 0 Å². The second-order valence-corrected chi connectivity index (χ2v) is 17.5. The van der Waals surface area contributed by atoms with E-state index in [1.54, 1.807) is 13.2 Å². The van der Waals surface area contributed by atoms with Crippen molar-refractivity contribution in [2.24, 2.45) is 0 Å². The van der Waals surface area contributed by atoms with E-state index in [4.69, 9.17) is 9.72 Å². The smallest absolute Gasteiger partial charge is 0.253 e. The molecule has 2 heterocycles. The summed E-state index contributed by atoms with van der Waals surface area (Å²) in [6, 6.07) is 9.97. The summed E-state index contributed by atoms with van der Waals surface area (Å²) in [5.41, 5.74) is 7.39. The number of fused-ring (bicyclic) bond motifs is 1. The van der Waals surface area contributed by atoms with Gasteiger partial charge in [-0.1, -0.05) is 59.6 Å². The summed E-state index contributed by atoms with van der Waals surface area (Å²) in [6.07, 6.45) is 5.73. The number of para-hydroxylation sites is 2. The molecule has 1 aromatic carbocycles. The number of aromatic nitrogens is 3. The Morgan fingerprint density at radius 2 is 1.68 bits per heavy atom. The Balaban J connectivity index is 1.88. The lowest BCUT2D eigenvalue weighted by atomic mass is 9.91. The summed E-state index contributed by atoms with van der Waals surface area (Å²) in [5.74, 6) is 4.64. The average Bonchev–Trinajstić information content (AvgIpc) is 2.93. The van der Waals surface area contributed by atoms with Crippen LogP contribution in [0, 0.1) is 11.5 Å². The zero-order chi connectivity index (χ0) is 29.0. The summed E-state index contributed by atoms with van der Waals surface area (Å²) in [4.78, 5) is 23.4. The van der Waals surface area contributed by atoms with E-state index in [0.29, 0.717) is 40.0 Å². The van der Waals surface area contributed by atoms with Gasteiger partial charge in [0.2, 0.25) is 5.95 Å². The van der Waals surface area contributed by atoms with Crippen molar-refractivity contribution in [3.63, 3.8) is 0 Å². The molecule has 0 atom stereocenters. The molecule has 0 amide bonds. The van der Waals surface area contributed by atoms with Crippen LogP contribution in [-0.4, -0.2) is 42.8 Å². The van der Waals surface area contributed by atoms with Crippen molar-refractivity contribution in [2.75, 3.05) is 19.5 Å². The van der Waals surface area contributed by atoms with E-state index in [1.807, 2.05) is 42.1 Å². The highest BCUT2D eigenvalue weighted by molar-refractivity contribution is 6.90. The van der Waals surface area contributed by atoms with Gasteiger partial charge in [0.1, 0.15) is 19.5 Å². The molecule has 214 valence electrons. The minimum Gasteiger partial charge on any atom is -0.495 e. The number of hydrogen-bond acceptors (Lipinski definition) is 6. The van der Waals surface area contributed by atoms with Gasteiger partial charge in [-0.2, -0.15) is 4.98 Å². The van der Waals surface area contributed by atoms with Crippen molar-refractivity contribution in [3.8, 4) is 17.2 Å². The first-order valence-corrected chi connectivity index (χ1v) is 16.9. The predicted molar refractivity (Wildman–Crippen MR) is 168 cm³/mol. The summed E-state index contributed by atoms with van der Waals surface area (Å²) < 4.78 is 7.40. The van der Waals surface area contributed by atoms with Crippen LogP contribution in [0.5, 0.6) is 5.75 Å². The predicted octanol–water partition coefficient (Wildman–Crippen LogP) is 6.82. The first-order valence-electron chi connectivity index (χ1n) is 14.6. The van der Waals surface area contributed by atoms with Crippen molar-refractivity contribution < 1.29 is 4.74 Å². The Morgan fingerprint density at radius 1 is 1.02 bits per heavy atom. The topological polar surface area (TPSA) is 81.1 Å². The molecular formula is C32H45N5O2Si. The maximum atomic E-state index is 13.8.